The minimum absolute atomic E-state index is 0.0365. The highest BCUT2D eigenvalue weighted by Gasteiger charge is 2.33. The highest BCUT2D eigenvalue weighted by molar-refractivity contribution is 8.17. The molecule has 0 saturated carbocycles. The Hall–Kier alpha value is -2.57. The lowest BCUT2D eigenvalue weighted by atomic mass is 10.1. The topological polar surface area (TPSA) is 60.1 Å². The summed E-state index contributed by atoms with van der Waals surface area (Å²) in [5, 5.41) is 16.5. The lowest BCUT2D eigenvalue weighted by Gasteiger charge is -2.33. The van der Waals surface area contributed by atoms with Crippen LogP contribution in [0.4, 0.5) is 13.2 Å². The minimum atomic E-state index is -4.51. The van der Waals surface area contributed by atoms with E-state index < -0.39 is 18.0 Å². The molecular formula is C27H30ClF3N6OS. The summed E-state index contributed by atoms with van der Waals surface area (Å²) in [6.07, 6.45) is -1.92. The number of piperazine rings is 1. The predicted molar refractivity (Wildman–Crippen MR) is 151 cm³/mol. The van der Waals surface area contributed by atoms with Gasteiger partial charge in [0.25, 0.3) is 0 Å². The number of hydrogen-bond donors (Lipinski definition) is 1. The molecule has 0 amide bonds. The van der Waals surface area contributed by atoms with Gasteiger partial charge in [0.2, 0.25) is 0 Å². The number of likely N-dealkylation sites (N-methyl/N-ethyl adjacent to an activating group) is 2. The number of aliphatic hydroxyl groups is 1. The van der Waals surface area contributed by atoms with Crippen molar-refractivity contribution in [3.63, 3.8) is 0 Å². The number of hydrogen-bond acceptors (Lipinski definition) is 7. The molecule has 12 heteroatoms. The molecule has 0 bridgehead atoms. The van der Waals surface area contributed by atoms with Crippen molar-refractivity contribution >= 4 is 45.5 Å². The number of alkyl halides is 3. The molecule has 2 aliphatic rings. The Bertz CT molecular complexity index is 1400. The number of thioether (sulfide) groups is 1. The molecule has 0 spiro atoms. The molecule has 7 nitrogen and oxygen atoms in total. The second kappa shape index (κ2) is 11.5. The van der Waals surface area contributed by atoms with E-state index in [9.17, 15) is 18.3 Å². The lowest BCUT2D eigenvalue weighted by molar-refractivity contribution is -0.138. The van der Waals surface area contributed by atoms with E-state index in [0.717, 1.165) is 66.4 Å². The molecule has 0 radical (unpaired) electrons. The van der Waals surface area contributed by atoms with Crippen molar-refractivity contribution in [2.45, 2.75) is 18.9 Å². The molecule has 1 fully saturated rings. The molecule has 1 N–H and O–H groups in total. The smallest absolute Gasteiger partial charge is 0.367 e. The van der Waals surface area contributed by atoms with Gasteiger partial charge >= 0.3 is 6.18 Å². The summed E-state index contributed by atoms with van der Waals surface area (Å²) >= 11 is 7.26. The first-order chi connectivity index (χ1) is 18.6. The van der Waals surface area contributed by atoms with Gasteiger partial charge in [-0.2, -0.15) is 18.3 Å². The van der Waals surface area contributed by atoms with Gasteiger partial charge in [-0.05, 0) is 48.5 Å². The highest BCUT2D eigenvalue weighted by atomic mass is 35.5. The molecule has 2 aliphatic heterocycles. The van der Waals surface area contributed by atoms with Crippen LogP contribution in [0.5, 0.6) is 0 Å². The van der Waals surface area contributed by atoms with Crippen LogP contribution in [-0.2, 0) is 12.7 Å². The van der Waals surface area contributed by atoms with Crippen LogP contribution in [0.25, 0.3) is 17.0 Å². The van der Waals surface area contributed by atoms with E-state index in [-0.39, 0.29) is 17.1 Å². The number of nitrogens with zero attached hydrogens (tertiary/aromatic N) is 6. The van der Waals surface area contributed by atoms with E-state index in [1.807, 2.05) is 31.3 Å². The molecule has 5 rings (SSSR count). The van der Waals surface area contributed by atoms with Gasteiger partial charge in [0.1, 0.15) is 0 Å². The Balaban J connectivity index is 1.26. The Morgan fingerprint density at radius 3 is 2.67 bits per heavy atom. The van der Waals surface area contributed by atoms with E-state index in [2.05, 4.69) is 31.8 Å². The van der Waals surface area contributed by atoms with Crippen LogP contribution >= 0.6 is 23.4 Å². The lowest BCUT2D eigenvalue weighted by Crippen LogP contribution is -2.46. The SMILES string of the molecule is CN1CCN(CCN(C)C2=NC(O)/C(=C/c3ccc4c(cnn4Cc4ccc(Cl)cc4C(F)(F)F)c3)S2)CC1. The summed E-state index contributed by atoms with van der Waals surface area (Å²) in [5.74, 6) is 0. The Labute approximate surface area is 234 Å². The monoisotopic (exact) mass is 578 g/mol. The zero-order valence-corrected chi connectivity index (χ0v) is 23.3. The first-order valence-electron chi connectivity index (χ1n) is 12.7. The number of fused-ring (bicyclic) bond motifs is 1. The number of rotatable bonds is 6. The minimum Gasteiger partial charge on any atom is -0.367 e. The number of benzene rings is 2. The van der Waals surface area contributed by atoms with Gasteiger partial charge in [0.15, 0.2) is 11.4 Å². The number of halogens is 4. The fourth-order valence-electron chi connectivity index (χ4n) is 4.69. The van der Waals surface area contributed by atoms with Crippen LogP contribution in [-0.4, -0.2) is 94.3 Å². The molecule has 1 unspecified atom stereocenters. The van der Waals surface area contributed by atoms with Crippen molar-refractivity contribution in [2.24, 2.45) is 4.99 Å². The van der Waals surface area contributed by atoms with Crippen molar-refractivity contribution in [2.75, 3.05) is 53.4 Å². The van der Waals surface area contributed by atoms with Gasteiger partial charge < -0.3 is 14.9 Å². The van der Waals surface area contributed by atoms with Crippen molar-refractivity contribution in [1.29, 1.82) is 0 Å². The second-order valence-electron chi connectivity index (χ2n) is 9.92. The second-order valence-corrected chi connectivity index (χ2v) is 11.4. The van der Waals surface area contributed by atoms with Crippen LogP contribution in [0.3, 0.4) is 0 Å². The summed E-state index contributed by atoms with van der Waals surface area (Å²) in [6.45, 7) is 5.99. The van der Waals surface area contributed by atoms with Crippen molar-refractivity contribution in [1.82, 2.24) is 24.5 Å². The fourth-order valence-corrected chi connectivity index (χ4v) is 5.82. The summed E-state index contributed by atoms with van der Waals surface area (Å²) in [4.78, 5) is 12.0. The van der Waals surface area contributed by atoms with Gasteiger partial charge in [0, 0.05) is 61.6 Å². The van der Waals surface area contributed by atoms with Crippen molar-refractivity contribution in [3.8, 4) is 0 Å². The zero-order valence-electron chi connectivity index (χ0n) is 21.7. The Morgan fingerprint density at radius 2 is 1.92 bits per heavy atom. The van der Waals surface area contributed by atoms with Crippen molar-refractivity contribution < 1.29 is 18.3 Å². The van der Waals surface area contributed by atoms with E-state index in [1.54, 1.807) is 10.9 Å². The van der Waals surface area contributed by atoms with Crippen LogP contribution in [0.1, 0.15) is 16.7 Å². The third-order valence-corrected chi connectivity index (χ3v) is 8.44. The third-order valence-electron chi connectivity index (χ3n) is 7.04. The van der Waals surface area contributed by atoms with Gasteiger partial charge in [-0.15, -0.1) is 0 Å². The third kappa shape index (κ3) is 6.60. The van der Waals surface area contributed by atoms with Crippen LogP contribution in [0, 0.1) is 0 Å². The number of aliphatic hydroxyl groups excluding tert-OH is 1. The number of aromatic nitrogens is 2. The van der Waals surface area contributed by atoms with Crippen LogP contribution in [0.2, 0.25) is 5.02 Å². The van der Waals surface area contributed by atoms with E-state index >= 15 is 0 Å². The van der Waals surface area contributed by atoms with E-state index in [0.29, 0.717) is 5.52 Å². The Morgan fingerprint density at radius 1 is 1.15 bits per heavy atom. The van der Waals surface area contributed by atoms with E-state index in [1.165, 1.54) is 23.9 Å². The predicted octanol–water partition coefficient (Wildman–Crippen LogP) is 4.70. The Kier molecular flexibility index (Phi) is 8.25. The van der Waals surface area contributed by atoms with Gasteiger partial charge in [-0.1, -0.05) is 35.5 Å². The summed E-state index contributed by atoms with van der Waals surface area (Å²) in [6, 6.07) is 9.37. The molecule has 208 valence electrons. The molecule has 1 atom stereocenters. The first-order valence-corrected chi connectivity index (χ1v) is 13.8. The maximum atomic E-state index is 13.5. The average molecular weight is 579 g/mol. The van der Waals surface area contributed by atoms with Crippen molar-refractivity contribution in [3.05, 3.63) is 69.2 Å². The molecule has 3 aromatic rings. The summed E-state index contributed by atoms with van der Waals surface area (Å²) in [5.41, 5.74) is 0.884. The first kappa shape index (κ1) is 28.0. The molecule has 3 heterocycles. The number of aliphatic imine (C=N–C) groups is 1. The molecular weight excluding hydrogens is 549 g/mol. The van der Waals surface area contributed by atoms with Gasteiger partial charge in [-0.25, -0.2) is 4.99 Å². The highest BCUT2D eigenvalue weighted by Crippen LogP contribution is 2.35. The molecule has 2 aromatic carbocycles. The quantitative estimate of drug-likeness (QED) is 0.458. The molecule has 0 aliphatic carbocycles. The maximum Gasteiger partial charge on any atom is 0.416 e. The molecule has 1 aromatic heterocycles. The average Bonchev–Trinajstić information content (AvgIpc) is 3.46. The summed E-state index contributed by atoms with van der Waals surface area (Å²) in [7, 11) is 4.13. The maximum absolute atomic E-state index is 13.5. The van der Waals surface area contributed by atoms with E-state index in [4.69, 9.17) is 11.6 Å². The fraction of sp³-hybridized carbons (Fsp3) is 0.407. The molecule has 1 saturated heterocycles. The normalized spacial score (nSPS) is 20.2. The number of amidine groups is 1. The standard InChI is InChI=1S/C27H30ClF3N6OS/c1-34-7-10-36(11-8-34)12-9-35(2)26-33-25(38)24(39-26)14-18-3-6-23-20(13-18)16-32-37(23)17-19-4-5-21(28)15-22(19)27(29,30)31/h3-6,13-16,25,38H,7-12,17H2,1-2H3/b24-14-. The molecule has 39 heavy (non-hydrogen) atoms. The van der Waals surface area contributed by atoms with Gasteiger partial charge in [-0.3, -0.25) is 9.58 Å². The van der Waals surface area contributed by atoms with Crippen LogP contribution < -0.4 is 0 Å². The van der Waals surface area contributed by atoms with Gasteiger partial charge in [0.05, 0.1) is 23.8 Å². The van der Waals surface area contributed by atoms with Crippen LogP contribution in [0.15, 0.2) is 52.5 Å². The zero-order chi connectivity index (χ0) is 27.7. The largest absolute Gasteiger partial charge is 0.416 e. The summed E-state index contributed by atoms with van der Waals surface area (Å²) < 4.78 is 42.1.